The van der Waals surface area contributed by atoms with Crippen molar-refractivity contribution in [3.8, 4) is 33.4 Å². The second-order valence-corrected chi connectivity index (χ2v) is 11.4. The minimum atomic E-state index is 1.11. The molecule has 0 aliphatic heterocycles. The number of nitrogens with zero attached hydrogens (tertiary/aromatic N) is 1. The third-order valence-electron chi connectivity index (χ3n) is 8.63. The molecule has 8 aromatic rings. The average Bonchev–Trinajstić information content (AvgIpc) is 3.13. The molecule has 1 nitrogen and oxygen atoms in total. The summed E-state index contributed by atoms with van der Waals surface area (Å²) in [5, 5.41) is 5.00. The fraction of sp³-hybridized carbons (Fsp3) is 0. The van der Waals surface area contributed by atoms with Crippen LogP contribution in [0.25, 0.3) is 54.9 Å². The van der Waals surface area contributed by atoms with Crippen LogP contribution in [0.5, 0.6) is 0 Å². The lowest BCUT2D eigenvalue weighted by atomic mass is 9.93. The van der Waals surface area contributed by atoms with E-state index in [1.807, 2.05) is 0 Å². The van der Waals surface area contributed by atoms with E-state index in [4.69, 9.17) is 0 Å². The van der Waals surface area contributed by atoms with Crippen LogP contribution in [0.15, 0.2) is 188 Å². The Hall–Kier alpha value is -5.92. The van der Waals surface area contributed by atoms with E-state index in [0.717, 1.165) is 17.1 Å². The van der Waals surface area contributed by atoms with Gasteiger partial charge in [-0.3, -0.25) is 0 Å². The molecular weight excluding hydrogens is 542 g/mol. The first-order valence-electron chi connectivity index (χ1n) is 15.4. The lowest BCUT2D eigenvalue weighted by Crippen LogP contribution is -2.10. The van der Waals surface area contributed by atoms with Gasteiger partial charge in [0.2, 0.25) is 0 Å². The van der Waals surface area contributed by atoms with Crippen LogP contribution >= 0.6 is 0 Å². The van der Waals surface area contributed by atoms with E-state index < -0.39 is 0 Å². The first-order valence-corrected chi connectivity index (χ1v) is 15.4. The molecule has 8 rings (SSSR count). The van der Waals surface area contributed by atoms with Crippen LogP contribution in [0, 0.1) is 0 Å². The summed E-state index contributed by atoms with van der Waals surface area (Å²) in [6.45, 7) is 0. The quantitative estimate of drug-likeness (QED) is 0.179. The van der Waals surface area contributed by atoms with Crippen LogP contribution in [0.1, 0.15) is 0 Å². The summed E-state index contributed by atoms with van der Waals surface area (Å²) in [6, 6.07) is 67.7. The molecule has 0 fully saturated rings. The van der Waals surface area contributed by atoms with E-state index in [2.05, 4.69) is 193 Å². The molecule has 0 N–H and O–H groups in total. The van der Waals surface area contributed by atoms with Gasteiger partial charge >= 0.3 is 0 Å². The van der Waals surface area contributed by atoms with Gasteiger partial charge in [0.25, 0.3) is 0 Å². The van der Waals surface area contributed by atoms with Crippen LogP contribution in [-0.4, -0.2) is 0 Å². The monoisotopic (exact) mass is 573 g/mol. The van der Waals surface area contributed by atoms with E-state index in [9.17, 15) is 0 Å². The Bertz CT molecular complexity index is 2250. The number of fused-ring (bicyclic) bond motifs is 3. The zero-order chi connectivity index (χ0) is 30.0. The van der Waals surface area contributed by atoms with Crippen molar-refractivity contribution in [3.05, 3.63) is 188 Å². The standard InChI is InChI=1S/C44H31N/c1-4-13-32(14-5-1)37-20-12-21-38(29-37)45(39-26-25-36-24-23-35-19-10-11-22-41(35)44(36)30-39)40-27-28-42(33-15-6-2-7-16-33)43(31-40)34-17-8-3-9-18-34/h1-31H. The van der Waals surface area contributed by atoms with E-state index in [0.29, 0.717) is 0 Å². The van der Waals surface area contributed by atoms with Crippen LogP contribution in [0.3, 0.4) is 0 Å². The predicted molar refractivity (Wildman–Crippen MR) is 192 cm³/mol. The largest absolute Gasteiger partial charge is 0.310 e. The molecule has 0 atom stereocenters. The minimum Gasteiger partial charge on any atom is -0.310 e. The van der Waals surface area contributed by atoms with Crippen molar-refractivity contribution in [1.29, 1.82) is 0 Å². The molecule has 0 aromatic heterocycles. The zero-order valence-electron chi connectivity index (χ0n) is 24.8. The molecule has 0 spiro atoms. The summed E-state index contributed by atoms with van der Waals surface area (Å²) in [6.07, 6.45) is 0. The summed E-state index contributed by atoms with van der Waals surface area (Å²) in [7, 11) is 0. The van der Waals surface area contributed by atoms with Crippen molar-refractivity contribution < 1.29 is 0 Å². The third-order valence-corrected chi connectivity index (χ3v) is 8.63. The molecule has 8 aromatic carbocycles. The van der Waals surface area contributed by atoms with E-state index in [1.165, 1.54) is 54.9 Å². The van der Waals surface area contributed by atoms with Crippen molar-refractivity contribution in [3.63, 3.8) is 0 Å². The Morgan fingerprint density at radius 3 is 1.51 bits per heavy atom. The lowest BCUT2D eigenvalue weighted by molar-refractivity contribution is 1.29. The van der Waals surface area contributed by atoms with Gasteiger partial charge in [0, 0.05) is 17.1 Å². The maximum absolute atomic E-state index is 2.40. The third kappa shape index (κ3) is 5.15. The Morgan fingerprint density at radius 2 is 0.778 bits per heavy atom. The van der Waals surface area contributed by atoms with Gasteiger partial charge in [0.05, 0.1) is 0 Å². The van der Waals surface area contributed by atoms with Crippen molar-refractivity contribution in [2.75, 3.05) is 4.90 Å². The molecule has 1 heteroatoms. The van der Waals surface area contributed by atoms with Gasteiger partial charge in [-0.1, -0.05) is 152 Å². The highest BCUT2D eigenvalue weighted by molar-refractivity contribution is 6.09. The minimum absolute atomic E-state index is 1.11. The smallest absolute Gasteiger partial charge is 0.0468 e. The SMILES string of the molecule is c1ccc(-c2cccc(N(c3ccc(-c4ccccc4)c(-c4ccccc4)c3)c3ccc4ccc5ccccc5c4c3)c2)cc1. The van der Waals surface area contributed by atoms with Gasteiger partial charge in [-0.2, -0.15) is 0 Å². The van der Waals surface area contributed by atoms with Gasteiger partial charge < -0.3 is 4.90 Å². The highest BCUT2D eigenvalue weighted by Crippen LogP contribution is 2.42. The first kappa shape index (κ1) is 26.7. The maximum Gasteiger partial charge on any atom is 0.0468 e. The zero-order valence-corrected chi connectivity index (χ0v) is 24.8. The van der Waals surface area contributed by atoms with E-state index in [-0.39, 0.29) is 0 Å². The molecule has 0 unspecified atom stereocenters. The van der Waals surface area contributed by atoms with E-state index in [1.54, 1.807) is 0 Å². The van der Waals surface area contributed by atoms with Crippen LogP contribution in [0.4, 0.5) is 17.1 Å². The van der Waals surface area contributed by atoms with Crippen LogP contribution in [-0.2, 0) is 0 Å². The maximum atomic E-state index is 2.40. The Labute approximate surface area is 264 Å². The molecule has 0 amide bonds. The van der Waals surface area contributed by atoms with Crippen LogP contribution in [0.2, 0.25) is 0 Å². The predicted octanol–water partition coefficient (Wildman–Crippen LogP) is 12.5. The molecule has 0 saturated heterocycles. The van der Waals surface area contributed by atoms with Gasteiger partial charge in [-0.05, 0) is 91.3 Å². The molecule has 0 aliphatic carbocycles. The number of benzene rings is 8. The molecule has 212 valence electrons. The van der Waals surface area contributed by atoms with Crippen molar-refractivity contribution in [1.82, 2.24) is 0 Å². The second-order valence-electron chi connectivity index (χ2n) is 11.4. The van der Waals surface area contributed by atoms with E-state index >= 15 is 0 Å². The summed E-state index contributed by atoms with van der Waals surface area (Å²) < 4.78 is 0. The van der Waals surface area contributed by atoms with Crippen molar-refractivity contribution in [2.45, 2.75) is 0 Å². The Kier molecular flexibility index (Phi) is 6.90. The topological polar surface area (TPSA) is 3.24 Å². The molecule has 0 heterocycles. The summed E-state index contributed by atoms with van der Waals surface area (Å²) >= 11 is 0. The number of hydrogen-bond donors (Lipinski definition) is 0. The summed E-state index contributed by atoms with van der Waals surface area (Å²) in [5.41, 5.74) is 10.6. The molecule has 0 bridgehead atoms. The second kappa shape index (κ2) is 11.6. The fourth-order valence-corrected chi connectivity index (χ4v) is 6.43. The number of hydrogen-bond acceptors (Lipinski definition) is 1. The first-order chi connectivity index (χ1) is 22.3. The Balaban J connectivity index is 1.37. The Morgan fingerprint density at radius 1 is 0.267 bits per heavy atom. The highest BCUT2D eigenvalue weighted by Gasteiger charge is 2.18. The number of anilines is 3. The summed E-state index contributed by atoms with van der Waals surface area (Å²) in [5.74, 6) is 0. The highest BCUT2D eigenvalue weighted by atomic mass is 15.1. The van der Waals surface area contributed by atoms with Gasteiger partial charge in [-0.15, -0.1) is 0 Å². The summed E-state index contributed by atoms with van der Waals surface area (Å²) in [4.78, 5) is 2.40. The van der Waals surface area contributed by atoms with Crippen molar-refractivity contribution in [2.24, 2.45) is 0 Å². The van der Waals surface area contributed by atoms with Crippen LogP contribution < -0.4 is 4.90 Å². The lowest BCUT2D eigenvalue weighted by Gasteiger charge is -2.28. The van der Waals surface area contributed by atoms with Gasteiger partial charge in [-0.25, -0.2) is 0 Å². The van der Waals surface area contributed by atoms with Gasteiger partial charge in [0.15, 0.2) is 0 Å². The van der Waals surface area contributed by atoms with Gasteiger partial charge in [0.1, 0.15) is 0 Å². The number of rotatable bonds is 6. The molecular formula is C44H31N. The molecule has 0 aliphatic rings. The fourth-order valence-electron chi connectivity index (χ4n) is 6.43. The van der Waals surface area contributed by atoms with Crippen molar-refractivity contribution >= 4 is 38.6 Å². The molecule has 0 saturated carbocycles. The average molecular weight is 574 g/mol. The molecule has 0 radical (unpaired) electrons. The molecule has 45 heavy (non-hydrogen) atoms. The normalized spacial score (nSPS) is 11.1.